The minimum atomic E-state index is 0.864. The Balaban J connectivity index is 2.08. The van der Waals surface area contributed by atoms with Crippen LogP contribution in [0, 0.1) is 0 Å². The van der Waals surface area contributed by atoms with Gasteiger partial charge in [0, 0.05) is 16.0 Å². The predicted molar refractivity (Wildman–Crippen MR) is 83.8 cm³/mol. The fraction of sp³-hybridized carbons (Fsp3) is 0.0667. The molecular weight excluding hydrogens is 272 g/mol. The highest BCUT2D eigenvalue weighted by Crippen LogP contribution is 2.35. The molecule has 0 aliphatic heterocycles. The summed E-state index contributed by atoms with van der Waals surface area (Å²) < 4.78 is 0. The molecule has 0 saturated carbocycles. The topological polar surface area (TPSA) is 25.8 Å². The van der Waals surface area contributed by atoms with E-state index in [1.165, 1.54) is 10.4 Å². The number of fused-ring (bicyclic) bond motifs is 1. The minimum absolute atomic E-state index is 0.864. The van der Waals surface area contributed by atoms with Gasteiger partial charge in [0.15, 0.2) is 0 Å². The summed E-state index contributed by atoms with van der Waals surface area (Å²) in [5.74, 6) is 0.864. The van der Waals surface area contributed by atoms with Crippen LogP contribution in [0.4, 0.5) is 0 Å². The molecule has 4 heteroatoms. The van der Waals surface area contributed by atoms with Crippen molar-refractivity contribution in [1.82, 2.24) is 9.97 Å². The zero-order valence-electron chi connectivity index (χ0n) is 10.2. The Bertz CT molecular complexity index is 704. The van der Waals surface area contributed by atoms with Gasteiger partial charge in [-0.3, -0.25) is 0 Å². The SMILES string of the molecule is C=CCSc1ncnc2sc(-c3ccccc3)cc12. The van der Waals surface area contributed by atoms with E-state index in [9.17, 15) is 0 Å². The monoisotopic (exact) mass is 284 g/mol. The Hall–Kier alpha value is -1.65. The number of thioether (sulfide) groups is 1. The van der Waals surface area contributed by atoms with E-state index in [1.807, 2.05) is 12.1 Å². The van der Waals surface area contributed by atoms with E-state index in [2.05, 4.69) is 46.9 Å². The molecule has 3 aromatic rings. The summed E-state index contributed by atoms with van der Waals surface area (Å²) in [6.07, 6.45) is 3.53. The van der Waals surface area contributed by atoms with Crippen molar-refractivity contribution >= 4 is 33.3 Å². The van der Waals surface area contributed by atoms with Crippen LogP contribution in [0.25, 0.3) is 20.7 Å². The van der Waals surface area contributed by atoms with Crippen molar-refractivity contribution < 1.29 is 0 Å². The predicted octanol–water partition coefficient (Wildman–Crippen LogP) is 4.64. The summed E-state index contributed by atoms with van der Waals surface area (Å²) >= 11 is 3.40. The summed E-state index contributed by atoms with van der Waals surface area (Å²) in [5, 5.41) is 2.17. The molecular formula is C15H12N2S2. The normalized spacial score (nSPS) is 10.7. The largest absolute Gasteiger partial charge is 0.229 e. The second-order valence-corrected chi connectivity index (χ2v) is 6.01. The maximum Gasteiger partial charge on any atom is 0.128 e. The first kappa shape index (κ1) is 12.4. The third kappa shape index (κ3) is 2.55. The van der Waals surface area contributed by atoms with Gasteiger partial charge in [0.05, 0.1) is 0 Å². The molecule has 0 bridgehead atoms. The van der Waals surface area contributed by atoms with Crippen LogP contribution in [0.5, 0.6) is 0 Å². The van der Waals surface area contributed by atoms with Gasteiger partial charge < -0.3 is 0 Å². The lowest BCUT2D eigenvalue weighted by atomic mass is 10.2. The van der Waals surface area contributed by atoms with E-state index in [0.29, 0.717) is 0 Å². The molecule has 0 fully saturated rings. The molecule has 2 nitrogen and oxygen atoms in total. The zero-order valence-corrected chi connectivity index (χ0v) is 11.9. The fourth-order valence-electron chi connectivity index (χ4n) is 1.83. The van der Waals surface area contributed by atoms with E-state index in [4.69, 9.17) is 0 Å². The molecule has 0 atom stereocenters. The van der Waals surface area contributed by atoms with Gasteiger partial charge in [0.2, 0.25) is 0 Å². The van der Waals surface area contributed by atoms with Crippen molar-refractivity contribution in [2.45, 2.75) is 5.03 Å². The minimum Gasteiger partial charge on any atom is -0.229 e. The lowest BCUT2D eigenvalue weighted by Gasteiger charge is -1.97. The third-order valence-electron chi connectivity index (χ3n) is 2.69. The molecule has 3 rings (SSSR count). The molecule has 0 aliphatic carbocycles. The highest BCUT2D eigenvalue weighted by atomic mass is 32.2. The second kappa shape index (κ2) is 5.55. The van der Waals surface area contributed by atoms with Crippen LogP contribution in [0.3, 0.4) is 0 Å². The third-order valence-corrected chi connectivity index (χ3v) is 4.78. The van der Waals surface area contributed by atoms with E-state index in [-0.39, 0.29) is 0 Å². The lowest BCUT2D eigenvalue weighted by Crippen LogP contribution is -1.83. The van der Waals surface area contributed by atoms with Crippen LogP contribution in [-0.2, 0) is 0 Å². The second-order valence-electron chi connectivity index (χ2n) is 3.97. The van der Waals surface area contributed by atoms with Crippen LogP contribution < -0.4 is 0 Å². The lowest BCUT2D eigenvalue weighted by molar-refractivity contribution is 1.11. The highest BCUT2D eigenvalue weighted by molar-refractivity contribution is 7.99. The standard InChI is InChI=1S/C15H12N2S2/c1-2-8-18-14-12-9-13(11-6-4-3-5-7-11)19-15(12)17-10-16-14/h2-7,9-10H,1,8H2. The van der Waals surface area contributed by atoms with Crippen molar-refractivity contribution in [1.29, 1.82) is 0 Å². The van der Waals surface area contributed by atoms with Gasteiger partial charge in [-0.05, 0) is 11.6 Å². The summed E-state index contributed by atoms with van der Waals surface area (Å²) in [6, 6.07) is 12.6. The van der Waals surface area contributed by atoms with Crippen molar-refractivity contribution in [3.8, 4) is 10.4 Å². The maximum absolute atomic E-state index is 4.36. The number of aromatic nitrogens is 2. The van der Waals surface area contributed by atoms with Crippen molar-refractivity contribution in [2.24, 2.45) is 0 Å². The molecule has 2 heterocycles. The van der Waals surface area contributed by atoms with Gasteiger partial charge in [-0.25, -0.2) is 9.97 Å². The molecule has 0 saturated heterocycles. The molecule has 0 amide bonds. The van der Waals surface area contributed by atoms with E-state index in [0.717, 1.165) is 21.0 Å². The fourth-order valence-corrected chi connectivity index (χ4v) is 3.61. The average Bonchev–Trinajstić information content (AvgIpc) is 2.90. The summed E-state index contributed by atoms with van der Waals surface area (Å²) in [4.78, 5) is 11.0. The van der Waals surface area contributed by atoms with Crippen LogP contribution in [-0.4, -0.2) is 15.7 Å². The molecule has 94 valence electrons. The Morgan fingerprint density at radius 3 is 2.84 bits per heavy atom. The van der Waals surface area contributed by atoms with Gasteiger partial charge in [0.1, 0.15) is 16.2 Å². The van der Waals surface area contributed by atoms with Crippen LogP contribution in [0.1, 0.15) is 0 Å². The number of hydrogen-bond donors (Lipinski definition) is 0. The van der Waals surface area contributed by atoms with Crippen LogP contribution in [0.15, 0.2) is 60.4 Å². The Morgan fingerprint density at radius 2 is 2.05 bits per heavy atom. The first-order chi connectivity index (χ1) is 9.38. The number of nitrogens with zero attached hydrogens (tertiary/aromatic N) is 2. The maximum atomic E-state index is 4.36. The summed E-state index contributed by atoms with van der Waals surface area (Å²) in [7, 11) is 0. The molecule has 0 aliphatic rings. The summed E-state index contributed by atoms with van der Waals surface area (Å²) in [5.41, 5.74) is 1.23. The van der Waals surface area contributed by atoms with E-state index >= 15 is 0 Å². The highest BCUT2D eigenvalue weighted by Gasteiger charge is 2.09. The molecule has 2 aromatic heterocycles. The first-order valence-electron chi connectivity index (χ1n) is 5.92. The Labute approximate surface area is 120 Å². The number of benzene rings is 1. The van der Waals surface area contributed by atoms with Crippen LogP contribution >= 0.6 is 23.1 Å². The zero-order chi connectivity index (χ0) is 13.1. The molecule has 1 aromatic carbocycles. The molecule has 0 radical (unpaired) electrons. The Kier molecular flexibility index (Phi) is 3.62. The molecule has 19 heavy (non-hydrogen) atoms. The number of rotatable bonds is 4. The van der Waals surface area contributed by atoms with Gasteiger partial charge in [-0.1, -0.05) is 36.4 Å². The molecule has 0 N–H and O–H groups in total. The smallest absolute Gasteiger partial charge is 0.128 e. The number of hydrogen-bond acceptors (Lipinski definition) is 4. The quantitative estimate of drug-likeness (QED) is 0.396. The van der Waals surface area contributed by atoms with Crippen molar-refractivity contribution in [3.05, 3.63) is 55.4 Å². The van der Waals surface area contributed by atoms with Gasteiger partial charge in [-0.2, -0.15) is 0 Å². The van der Waals surface area contributed by atoms with Crippen molar-refractivity contribution in [2.75, 3.05) is 5.75 Å². The Morgan fingerprint density at radius 1 is 1.21 bits per heavy atom. The van der Waals surface area contributed by atoms with Gasteiger partial charge in [-0.15, -0.1) is 29.7 Å². The number of thiophene rings is 1. The molecule has 0 spiro atoms. The van der Waals surface area contributed by atoms with E-state index in [1.54, 1.807) is 29.4 Å². The van der Waals surface area contributed by atoms with Crippen molar-refractivity contribution in [3.63, 3.8) is 0 Å². The van der Waals surface area contributed by atoms with E-state index < -0.39 is 0 Å². The van der Waals surface area contributed by atoms with Gasteiger partial charge in [0.25, 0.3) is 0 Å². The summed E-state index contributed by atoms with van der Waals surface area (Å²) in [6.45, 7) is 3.75. The first-order valence-corrected chi connectivity index (χ1v) is 7.72. The van der Waals surface area contributed by atoms with Crippen LogP contribution in [0.2, 0.25) is 0 Å². The average molecular weight is 284 g/mol. The van der Waals surface area contributed by atoms with Gasteiger partial charge >= 0.3 is 0 Å². The molecule has 0 unspecified atom stereocenters.